The van der Waals surface area contributed by atoms with Crippen LogP contribution in [0.4, 0.5) is 0 Å². The van der Waals surface area contributed by atoms with Gasteiger partial charge in [-0.15, -0.1) is 0 Å². The Bertz CT molecular complexity index is 444. The fourth-order valence-corrected chi connectivity index (χ4v) is 2.77. The lowest BCUT2D eigenvalue weighted by molar-refractivity contribution is -0.149. The van der Waals surface area contributed by atoms with Crippen LogP contribution in [0.15, 0.2) is 0 Å². The Balaban J connectivity index is 4.61. The van der Waals surface area contributed by atoms with E-state index in [-0.39, 0.29) is 12.5 Å². The standard InChI is InChI=1S/C14H26O7S/c1-5-7-8-11(6-2)10-21-13(15)9-12(14(16)19-3)22(17,18)20-4/h11-12H,5-10H2,1-4H3. The van der Waals surface area contributed by atoms with Crippen molar-refractivity contribution in [1.29, 1.82) is 0 Å². The molecule has 0 heterocycles. The van der Waals surface area contributed by atoms with Crippen molar-refractivity contribution >= 4 is 22.1 Å². The zero-order valence-electron chi connectivity index (χ0n) is 13.7. The average molecular weight is 338 g/mol. The van der Waals surface area contributed by atoms with Gasteiger partial charge in [-0.1, -0.05) is 33.1 Å². The first kappa shape index (κ1) is 20.9. The highest BCUT2D eigenvalue weighted by molar-refractivity contribution is 7.88. The summed E-state index contributed by atoms with van der Waals surface area (Å²) in [5.74, 6) is -1.57. The Hall–Kier alpha value is -1.15. The molecule has 0 aliphatic heterocycles. The number of esters is 2. The zero-order chi connectivity index (χ0) is 17.2. The molecule has 0 N–H and O–H groups in total. The van der Waals surface area contributed by atoms with Gasteiger partial charge in [-0.25, -0.2) is 0 Å². The topological polar surface area (TPSA) is 96.0 Å². The molecule has 0 aromatic carbocycles. The molecule has 0 saturated carbocycles. The molecule has 2 unspecified atom stereocenters. The Morgan fingerprint density at radius 3 is 2.23 bits per heavy atom. The van der Waals surface area contributed by atoms with Crippen LogP contribution in [0.5, 0.6) is 0 Å². The molecule has 0 amide bonds. The minimum absolute atomic E-state index is 0.219. The molecule has 0 aliphatic carbocycles. The smallest absolute Gasteiger partial charge is 0.327 e. The van der Waals surface area contributed by atoms with Gasteiger partial charge in [0.15, 0.2) is 5.25 Å². The van der Waals surface area contributed by atoms with E-state index in [4.69, 9.17) is 4.74 Å². The van der Waals surface area contributed by atoms with Crippen molar-refractivity contribution in [1.82, 2.24) is 0 Å². The van der Waals surface area contributed by atoms with E-state index >= 15 is 0 Å². The summed E-state index contributed by atoms with van der Waals surface area (Å²) in [5.41, 5.74) is 0. The molecular weight excluding hydrogens is 312 g/mol. The van der Waals surface area contributed by atoms with Gasteiger partial charge in [0.05, 0.1) is 27.2 Å². The van der Waals surface area contributed by atoms with Gasteiger partial charge in [-0.05, 0) is 12.3 Å². The normalized spacial score (nSPS) is 14.2. The molecule has 0 aliphatic rings. The van der Waals surface area contributed by atoms with Crippen LogP contribution in [0.3, 0.4) is 0 Å². The Morgan fingerprint density at radius 2 is 1.77 bits per heavy atom. The summed E-state index contributed by atoms with van der Waals surface area (Å²) in [6.45, 7) is 4.30. The number of hydrogen-bond acceptors (Lipinski definition) is 7. The molecule has 2 atom stereocenters. The first-order chi connectivity index (χ1) is 10.3. The molecule has 0 rings (SSSR count). The van der Waals surface area contributed by atoms with Crippen molar-refractivity contribution in [3.63, 3.8) is 0 Å². The third-order valence-corrected chi connectivity index (χ3v) is 4.94. The first-order valence-corrected chi connectivity index (χ1v) is 8.82. The fourth-order valence-electron chi connectivity index (χ4n) is 1.87. The van der Waals surface area contributed by atoms with E-state index in [0.29, 0.717) is 0 Å². The van der Waals surface area contributed by atoms with Gasteiger partial charge < -0.3 is 9.47 Å². The molecule has 0 bridgehead atoms. The van der Waals surface area contributed by atoms with Crippen LogP contribution in [-0.4, -0.2) is 46.4 Å². The number of unbranched alkanes of at least 4 members (excludes halogenated alkanes) is 1. The van der Waals surface area contributed by atoms with Crippen molar-refractivity contribution in [2.75, 3.05) is 20.8 Å². The highest BCUT2D eigenvalue weighted by atomic mass is 32.2. The maximum Gasteiger partial charge on any atom is 0.327 e. The lowest BCUT2D eigenvalue weighted by atomic mass is 10.0. The summed E-state index contributed by atoms with van der Waals surface area (Å²) < 4.78 is 37.1. The first-order valence-electron chi connectivity index (χ1n) is 7.35. The maximum absolute atomic E-state index is 11.8. The summed E-state index contributed by atoms with van der Waals surface area (Å²) in [7, 11) is -2.23. The second-order valence-corrected chi connectivity index (χ2v) is 6.86. The van der Waals surface area contributed by atoms with Gasteiger partial charge in [0.25, 0.3) is 10.1 Å². The number of carbonyl (C=O) groups excluding carboxylic acids is 2. The fraction of sp³-hybridized carbons (Fsp3) is 0.857. The predicted molar refractivity (Wildman–Crippen MR) is 80.6 cm³/mol. The van der Waals surface area contributed by atoms with Gasteiger partial charge >= 0.3 is 11.9 Å². The van der Waals surface area contributed by atoms with Crippen molar-refractivity contribution in [3.8, 4) is 0 Å². The molecule has 130 valence electrons. The monoisotopic (exact) mass is 338 g/mol. The van der Waals surface area contributed by atoms with E-state index in [1.165, 1.54) is 0 Å². The van der Waals surface area contributed by atoms with Crippen LogP contribution in [0.2, 0.25) is 0 Å². The SMILES string of the molecule is CCCCC(CC)COC(=O)CC(C(=O)OC)S(=O)(=O)OC. The number of methoxy groups -OCH3 is 1. The van der Waals surface area contributed by atoms with Crippen LogP contribution in [-0.2, 0) is 33.4 Å². The molecule has 0 saturated heterocycles. The number of ether oxygens (including phenoxy) is 2. The Labute approximate surface area is 132 Å². The number of hydrogen-bond donors (Lipinski definition) is 0. The quantitative estimate of drug-likeness (QED) is 0.417. The van der Waals surface area contributed by atoms with E-state index in [0.717, 1.165) is 39.9 Å². The lowest BCUT2D eigenvalue weighted by Gasteiger charge is -2.16. The predicted octanol–water partition coefficient (Wildman–Crippen LogP) is 1.65. The Morgan fingerprint density at radius 1 is 1.14 bits per heavy atom. The highest BCUT2D eigenvalue weighted by Gasteiger charge is 2.36. The van der Waals surface area contributed by atoms with E-state index in [2.05, 4.69) is 15.8 Å². The van der Waals surface area contributed by atoms with Gasteiger partial charge in [0.2, 0.25) is 0 Å². The van der Waals surface area contributed by atoms with Crippen molar-refractivity contribution in [2.45, 2.75) is 51.2 Å². The lowest BCUT2D eigenvalue weighted by Crippen LogP contribution is -2.35. The van der Waals surface area contributed by atoms with Gasteiger partial charge in [0, 0.05) is 0 Å². The third-order valence-electron chi connectivity index (χ3n) is 3.42. The minimum Gasteiger partial charge on any atom is -0.468 e. The van der Waals surface area contributed by atoms with E-state index in [9.17, 15) is 18.0 Å². The third kappa shape index (κ3) is 7.22. The second-order valence-electron chi connectivity index (χ2n) is 4.97. The van der Waals surface area contributed by atoms with Crippen LogP contribution >= 0.6 is 0 Å². The molecule has 7 nitrogen and oxygen atoms in total. The summed E-state index contributed by atoms with van der Waals surface area (Å²) in [5, 5.41) is -1.70. The molecule has 22 heavy (non-hydrogen) atoms. The summed E-state index contributed by atoms with van der Waals surface area (Å²) in [6.07, 6.45) is 3.29. The Kier molecular flexibility index (Phi) is 10.0. The van der Waals surface area contributed by atoms with Crippen LogP contribution < -0.4 is 0 Å². The van der Waals surface area contributed by atoms with E-state index in [1.807, 2.05) is 6.92 Å². The van der Waals surface area contributed by atoms with Crippen molar-refractivity contribution in [3.05, 3.63) is 0 Å². The van der Waals surface area contributed by atoms with Crippen LogP contribution in [0.1, 0.15) is 46.0 Å². The van der Waals surface area contributed by atoms with E-state index in [1.54, 1.807) is 0 Å². The summed E-state index contributed by atoms with van der Waals surface area (Å²) in [4.78, 5) is 23.3. The molecule has 0 spiro atoms. The number of rotatable bonds is 11. The maximum atomic E-state index is 11.8. The summed E-state index contributed by atoms with van der Waals surface area (Å²) >= 11 is 0. The molecule has 0 radical (unpaired) electrons. The molecule has 8 heteroatoms. The second kappa shape index (κ2) is 10.6. The molecule has 0 aromatic heterocycles. The average Bonchev–Trinajstić information content (AvgIpc) is 2.51. The van der Waals surface area contributed by atoms with Crippen LogP contribution in [0.25, 0.3) is 0 Å². The summed E-state index contributed by atoms with van der Waals surface area (Å²) in [6, 6.07) is 0. The van der Waals surface area contributed by atoms with Crippen molar-refractivity contribution in [2.24, 2.45) is 5.92 Å². The largest absolute Gasteiger partial charge is 0.468 e. The van der Waals surface area contributed by atoms with Crippen LogP contribution in [0, 0.1) is 5.92 Å². The zero-order valence-corrected chi connectivity index (χ0v) is 14.5. The minimum atomic E-state index is -4.20. The van der Waals surface area contributed by atoms with Gasteiger partial charge in [0.1, 0.15) is 0 Å². The van der Waals surface area contributed by atoms with Gasteiger partial charge in [-0.3, -0.25) is 13.8 Å². The highest BCUT2D eigenvalue weighted by Crippen LogP contribution is 2.15. The molecule has 0 aromatic rings. The number of carbonyl (C=O) groups is 2. The molecular formula is C14H26O7S. The van der Waals surface area contributed by atoms with E-state index < -0.39 is 33.7 Å². The van der Waals surface area contributed by atoms with Gasteiger partial charge in [-0.2, -0.15) is 8.42 Å². The molecule has 0 fully saturated rings. The van der Waals surface area contributed by atoms with Crippen molar-refractivity contribution < 1.29 is 31.7 Å².